The van der Waals surface area contributed by atoms with Crippen LogP contribution in [0.2, 0.25) is 0 Å². The van der Waals surface area contributed by atoms with Gasteiger partial charge in [0.15, 0.2) is 0 Å². The van der Waals surface area contributed by atoms with E-state index in [1.807, 2.05) is 58.0 Å². The summed E-state index contributed by atoms with van der Waals surface area (Å²) in [5.74, 6) is -2.12. The Morgan fingerprint density at radius 2 is 1.86 bits per heavy atom. The highest BCUT2D eigenvalue weighted by molar-refractivity contribution is 6.02. The van der Waals surface area contributed by atoms with Crippen molar-refractivity contribution in [2.75, 3.05) is 19.0 Å². The minimum Gasteiger partial charge on any atom is -0.394 e. The van der Waals surface area contributed by atoms with E-state index in [9.17, 15) is 19.5 Å². The summed E-state index contributed by atoms with van der Waals surface area (Å²) in [6.07, 6.45) is 6.25. The van der Waals surface area contributed by atoms with Gasteiger partial charge in [-0.3, -0.25) is 14.4 Å². The van der Waals surface area contributed by atoms with Crippen LogP contribution in [-0.2, 0) is 14.4 Å². The molecule has 3 rings (SSSR count). The Morgan fingerprint density at radius 3 is 2.46 bits per heavy atom. The zero-order chi connectivity index (χ0) is 25.9. The minimum atomic E-state index is -0.797. The Hall–Kier alpha value is -2.67. The highest BCUT2D eigenvalue weighted by Crippen LogP contribution is 2.46. The van der Waals surface area contributed by atoms with Crippen LogP contribution in [0.5, 0.6) is 0 Å². The standard InChI is InChI=1S/C28H41N3O4/c1-7-8-19-11-12-21-24(23(19)26(33)29-6)28(35)31(20(15-32)13-16(2)3)25(21)27(34)30-22-14-17(4)9-10-18(22)5/h9-12,14,16,19-21,23-25,32H,7-8,13,15H2,1-6H3,(H,29,33)(H,30,34)/t19-,20-,21+,23-,24-,25+/m1/s1. The number of hydrogen-bond donors (Lipinski definition) is 3. The number of allylic oxidation sites excluding steroid dienone is 1. The van der Waals surface area contributed by atoms with Crippen molar-refractivity contribution in [3.63, 3.8) is 0 Å². The number of hydrogen-bond acceptors (Lipinski definition) is 4. The molecule has 1 aromatic rings. The lowest BCUT2D eigenvalue weighted by molar-refractivity contribution is -0.143. The first-order valence-electron chi connectivity index (χ1n) is 12.9. The molecule has 3 N–H and O–H groups in total. The molecular weight excluding hydrogens is 442 g/mol. The molecule has 6 atom stereocenters. The SMILES string of the molecule is CCC[C@@H]1C=C[C@H]2[C@@H](C(=O)N([C@@H](CO)CC(C)C)[C@@H]2C(=O)Nc2cc(C)ccc2C)[C@@H]1C(=O)NC. The molecule has 35 heavy (non-hydrogen) atoms. The number of nitrogens with zero attached hydrogens (tertiary/aromatic N) is 1. The largest absolute Gasteiger partial charge is 0.394 e. The number of benzene rings is 1. The zero-order valence-corrected chi connectivity index (χ0v) is 21.9. The van der Waals surface area contributed by atoms with Crippen molar-refractivity contribution in [1.82, 2.24) is 10.2 Å². The van der Waals surface area contributed by atoms with Gasteiger partial charge in [0, 0.05) is 18.7 Å². The number of aliphatic hydroxyl groups is 1. The van der Waals surface area contributed by atoms with Crippen LogP contribution in [0.25, 0.3) is 0 Å². The maximum atomic E-state index is 14.0. The average molecular weight is 484 g/mol. The summed E-state index contributed by atoms with van der Waals surface area (Å²) in [4.78, 5) is 42.5. The second-order valence-electron chi connectivity index (χ2n) is 10.5. The Morgan fingerprint density at radius 1 is 1.14 bits per heavy atom. The van der Waals surface area contributed by atoms with Gasteiger partial charge in [0.1, 0.15) is 6.04 Å². The number of anilines is 1. The van der Waals surface area contributed by atoms with Crippen molar-refractivity contribution in [2.45, 2.75) is 66.0 Å². The predicted molar refractivity (Wildman–Crippen MR) is 138 cm³/mol. The highest BCUT2D eigenvalue weighted by atomic mass is 16.3. The number of rotatable bonds is 9. The summed E-state index contributed by atoms with van der Waals surface area (Å²) < 4.78 is 0. The van der Waals surface area contributed by atoms with E-state index in [1.54, 1.807) is 11.9 Å². The van der Waals surface area contributed by atoms with Crippen LogP contribution in [0.4, 0.5) is 5.69 Å². The fourth-order valence-electron chi connectivity index (χ4n) is 5.87. The number of nitrogens with one attached hydrogen (secondary N) is 2. The summed E-state index contributed by atoms with van der Waals surface area (Å²) in [7, 11) is 1.59. The van der Waals surface area contributed by atoms with Crippen molar-refractivity contribution < 1.29 is 19.5 Å². The molecule has 1 fully saturated rings. The lowest BCUT2D eigenvalue weighted by Crippen LogP contribution is -2.51. The van der Waals surface area contributed by atoms with Crippen LogP contribution >= 0.6 is 0 Å². The van der Waals surface area contributed by atoms with E-state index in [1.165, 1.54) is 0 Å². The summed E-state index contributed by atoms with van der Waals surface area (Å²) in [5, 5.41) is 16.1. The van der Waals surface area contributed by atoms with Gasteiger partial charge >= 0.3 is 0 Å². The van der Waals surface area contributed by atoms with Crippen molar-refractivity contribution in [2.24, 2.45) is 29.6 Å². The van der Waals surface area contributed by atoms with E-state index in [-0.39, 0.29) is 36.2 Å². The maximum absolute atomic E-state index is 14.0. The van der Waals surface area contributed by atoms with Gasteiger partial charge in [-0.05, 0) is 55.7 Å². The van der Waals surface area contributed by atoms with Crippen LogP contribution < -0.4 is 10.6 Å². The molecule has 1 aliphatic carbocycles. The van der Waals surface area contributed by atoms with Crippen LogP contribution in [0.3, 0.4) is 0 Å². The van der Waals surface area contributed by atoms with Gasteiger partial charge in [-0.2, -0.15) is 0 Å². The average Bonchev–Trinajstić information content (AvgIpc) is 3.11. The normalized spacial score (nSPS) is 26.6. The van der Waals surface area contributed by atoms with E-state index >= 15 is 0 Å². The second-order valence-corrected chi connectivity index (χ2v) is 10.5. The molecule has 0 bridgehead atoms. The molecule has 0 radical (unpaired) electrons. The molecule has 1 aliphatic heterocycles. The molecule has 0 unspecified atom stereocenters. The van der Waals surface area contributed by atoms with Crippen LogP contribution in [-0.4, -0.2) is 53.5 Å². The first-order chi connectivity index (χ1) is 16.6. The quantitative estimate of drug-likeness (QED) is 0.469. The first kappa shape index (κ1) is 26.9. The fourth-order valence-corrected chi connectivity index (χ4v) is 5.87. The zero-order valence-electron chi connectivity index (χ0n) is 21.9. The molecule has 0 spiro atoms. The molecule has 192 valence electrons. The van der Waals surface area contributed by atoms with E-state index in [0.29, 0.717) is 12.1 Å². The van der Waals surface area contributed by atoms with Crippen molar-refractivity contribution in [1.29, 1.82) is 0 Å². The van der Waals surface area contributed by atoms with Crippen LogP contribution in [0.1, 0.15) is 51.2 Å². The van der Waals surface area contributed by atoms with Gasteiger partial charge in [0.05, 0.1) is 24.5 Å². The molecule has 0 saturated carbocycles. The number of aryl methyl sites for hydroxylation is 2. The van der Waals surface area contributed by atoms with Gasteiger partial charge in [0.2, 0.25) is 17.7 Å². The molecule has 1 aromatic carbocycles. The van der Waals surface area contributed by atoms with Crippen molar-refractivity contribution in [3.8, 4) is 0 Å². The van der Waals surface area contributed by atoms with Crippen LogP contribution in [0.15, 0.2) is 30.4 Å². The molecular formula is C28H41N3O4. The second kappa shape index (κ2) is 11.4. The molecule has 0 aromatic heterocycles. The number of carbonyl (C=O) groups is 3. The third kappa shape index (κ3) is 5.45. The monoisotopic (exact) mass is 483 g/mol. The predicted octanol–water partition coefficient (Wildman–Crippen LogP) is 3.44. The summed E-state index contributed by atoms with van der Waals surface area (Å²) >= 11 is 0. The number of fused-ring (bicyclic) bond motifs is 1. The Balaban J connectivity index is 2.07. The molecule has 2 aliphatic rings. The first-order valence-corrected chi connectivity index (χ1v) is 12.9. The van der Waals surface area contributed by atoms with Crippen LogP contribution in [0, 0.1) is 43.4 Å². The van der Waals surface area contributed by atoms with E-state index in [4.69, 9.17) is 0 Å². The lowest BCUT2D eigenvalue weighted by atomic mass is 9.68. The Labute approximate surface area is 209 Å². The van der Waals surface area contributed by atoms with Gasteiger partial charge in [-0.1, -0.05) is 51.5 Å². The molecule has 7 nitrogen and oxygen atoms in total. The summed E-state index contributed by atoms with van der Waals surface area (Å²) in [6, 6.07) is 4.57. The third-order valence-electron chi connectivity index (χ3n) is 7.49. The van der Waals surface area contributed by atoms with Gasteiger partial charge < -0.3 is 20.6 Å². The Bertz CT molecular complexity index is 973. The fraction of sp³-hybridized carbons (Fsp3) is 0.607. The molecule has 7 heteroatoms. The van der Waals surface area contributed by atoms with Crippen molar-refractivity contribution in [3.05, 3.63) is 41.5 Å². The minimum absolute atomic E-state index is 0.0643. The van der Waals surface area contributed by atoms with Gasteiger partial charge in [-0.25, -0.2) is 0 Å². The number of likely N-dealkylation sites (tertiary alicyclic amines) is 1. The van der Waals surface area contributed by atoms with Gasteiger partial charge in [0.25, 0.3) is 0 Å². The lowest BCUT2D eigenvalue weighted by Gasteiger charge is -2.34. The van der Waals surface area contributed by atoms with E-state index in [2.05, 4.69) is 17.6 Å². The smallest absolute Gasteiger partial charge is 0.247 e. The van der Waals surface area contributed by atoms with Gasteiger partial charge in [-0.15, -0.1) is 0 Å². The highest BCUT2D eigenvalue weighted by Gasteiger charge is 2.58. The number of carbonyl (C=O) groups excluding carboxylic acids is 3. The third-order valence-corrected chi connectivity index (χ3v) is 7.49. The maximum Gasteiger partial charge on any atom is 0.247 e. The number of aliphatic hydroxyl groups excluding tert-OH is 1. The molecule has 1 heterocycles. The summed E-state index contributed by atoms with van der Waals surface area (Å²) in [5.41, 5.74) is 2.67. The van der Waals surface area contributed by atoms with E-state index in [0.717, 1.165) is 24.0 Å². The topological polar surface area (TPSA) is 98.7 Å². The van der Waals surface area contributed by atoms with Crippen molar-refractivity contribution >= 4 is 23.4 Å². The Kier molecular flexibility index (Phi) is 8.75. The molecule has 1 saturated heterocycles. The number of amides is 3. The summed E-state index contributed by atoms with van der Waals surface area (Å²) in [6.45, 7) is 9.80. The molecule has 3 amide bonds. The van der Waals surface area contributed by atoms with E-state index < -0.39 is 29.8 Å².